The molecule has 0 aromatic carbocycles. The molecule has 3 atom stereocenters. The number of rotatable bonds is 0. The quantitative estimate of drug-likeness (QED) is 0.551. The van der Waals surface area contributed by atoms with Crippen LogP contribution in [0.2, 0.25) is 0 Å². The SMILES string of the molecule is CC1C(=O)N2C(C)C(C)(C)S(=O)(=O)C12. The maximum Gasteiger partial charge on any atom is 0.229 e. The molecule has 5 heteroatoms. The van der Waals surface area contributed by atoms with Gasteiger partial charge in [-0.05, 0) is 20.8 Å². The minimum Gasteiger partial charge on any atom is -0.320 e. The van der Waals surface area contributed by atoms with Gasteiger partial charge in [0, 0.05) is 6.04 Å². The topological polar surface area (TPSA) is 54.5 Å². The minimum atomic E-state index is -3.19. The van der Waals surface area contributed by atoms with Crippen molar-refractivity contribution < 1.29 is 13.2 Å². The fraction of sp³-hybridized carbons (Fsp3) is 0.889. The summed E-state index contributed by atoms with van der Waals surface area (Å²) >= 11 is 0. The Labute approximate surface area is 84.2 Å². The van der Waals surface area contributed by atoms with Crippen LogP contribution in [0.25, 0.3) is 0 Å². The third-order valence-corrected chi connectivity index (χ3v) is 6.90. The second kappa shape index (κ2) is 2.32. The van der Waals surface area contributed by atoms with Gasteiger partial charge in [-0.1, -0.05) is 6.92 Å². The molecule has 0 N–H and O–H groups in total. The highest BCUT2D eigenvalue weighted by Gasteiger charge is 2.67. The molecule has 2 aliphatic heterocycles. The lowest BCUT2D eigenvalue weighted by Gasteiger charge is -2.41. The van der Waals surface area contributed by atoms with Gasteiger partial charge < -0.3 is 4.90 Å². The number of hydrogen-bond donors (Lipinski definition) is 0. The van der Waals surface area contributed by atoms with Crippen molar-refractivity contribution in [2.45, 2.75) is 43.9 Å². The zero-order chi connectivity index (χ0) is 10.9. The van der Waals surface area contributed by atoms with Crippen LogP contribution < -0.4 is 0 Å². The first-order chi connectivity index (χ1) is 6.23. The van der Waals surface area contributed by atoms with Gasteiger partial charge in [-0.25, -0.2) is 8.42 Å². The molecular weight excluding hydrogens is 202 g/mol. The average Bonchev–Trinajstić information content (AvgIpc) is 2.21. The highest BCUT2D eigenvalue weighted by Crippen LogP contribution is 2.47. The maximum atomic E-state index is 12.0. The fourth-order valence-corrected chi connectivity index (χ4v) is 4.81. The van der Waals surface area contributed by atoms with Crippen molar-refractivity contribution >= 4 is 15.7 Å². The highest BCUT2D eigenvalue weighted by atomic mass is 32.2. The highest BCUT2D eigenvalue weighted by molar-refractivity contribution is 7.93. The molecule has 2 heterocycles. The zero-order valence-corrected chi connectivity index (χ0v) is 9.63. The Kier molecular flexibility index (Phi) is 1.65. The Bertz CT molecular complexity index is 398. The van der Waals surface area contributed by atoms with E-state index in [-0.39, 0.29) is 17.9 Å². The Morgan fingerprint density at radius 1 is 1.29 bits per heavy atom. The lowest BCUT2D eigenvalue weighted by molar-refractivity contribution is -0.151. The van der Waals surface area contributed by atoms with Crippen molar-refractivity contribution in [3.8, 4) is 0 Å². The molecule has 1 amide bonds. The van der Waals surface area contributed by atoms with E-state index >= 15 is 0 Å². The molecule has 0 spiro atoms. The largest absolute Gasteiger partial charge is 0.320 e. The van der Waals surface area contributed by atoms with Gasteiger partial charge in [-0.15, -0.1) is 0 Å². The van der Waals surface area contributed by atoms with E-state index in [0.29, 0.717) is 0 Å². The molecule has 14 heavy (non-hydrogen) atoms. The molecule has 3 unspecified atom stereocenters. The zero-order valence-electron chi connectivity index (χ0n) is 8.81. The molecule has 0 aromatic heterocycles. The number of β-lactam (4-membered cyclic amide) rings is 1. The van der Waals surface area contributed by atoms with Crippen molar-refractivity contribution in [2.24, 2.45) is 5.92 Å². The lowest BCUT2D eigenvalue weighted by atomic mass is 9.94. The van der Waals surface area contributed by atoms with Crippen LogP contribution in [0.1, 0.15) is 27.7 Å². The number of carbonyl (C=O) groups excluding carboxylic acids is 1. The molecule has 0 saturated carbocycles. The molecule has 0 bridgehead atoms. The van der Waals surface area contributed by atoms with Gasteiger partial charge in [-0.2, -0.15) is 0 Å². The van der Waals surface area contributed by atoms with E-state index in [1.165, 1.54) is 4.90 Å². The summed E-state index contributed by atoms with van der Waals surface area (Å²) in [6.45, 7) is 6.90. The summed E-state index contributed by atoms with van der Waals surface area (Å²) in [4.78, 5) is 13.0. The Morgan fingerprint density at radius 3 is 2.21 bits per heavy atom. The summed E-state index contributed by atoms with van der Waals surface area (Å²) in [7, 11) is -3.19. The second-order valence-electron chi connectivity index (χ2n) is 4.75. The van der Waals surface area contributed by atoms with Gasteiger partial charge in [0.15, 0.2) is 9.84 Å². The number of hydrogen-bond acceptors (Lipinski definition) is 3. The van der Waals surface area contributed by atoms with Gasteiger partial charge in [0.2, 0.25) is 5.91 Å². The summed E-state index contributed by atoms with van der Waals surface area (Å²) < 4.78 is 23.3. The van der Waals surface area contributed by atoms with E-state index in [1.807, 2.05) is 0 Å². The number of carbonyl (C=O) groups is 1. The van der Waals surface area contributed by atoms with Crippen LogP contribution in [-0.2, 0) is 14.6 Å². The predicted octanol–water partition coefficient (Wildman–Crippen LogP) is 0.386. The van der Waals surface area contributed by atoms with Crippen LogP contribution >= 0.6 is 0 Å². The van der Waals surface area contributed by atoms with Gasteiger partial charge in [0.25, 0.3) is 0 Å². The van der Waals surface area contributed by atoms with Gasteiger partial charge in [0.1, 0.15) is 5.37 Å². The molecule has 0 aromatic rings. The van der Waals surface area contributed by atoms with E-state index in [4.69, 9.17) is 0 Å². The molecule has 80 valence electrons. The van der Waals surface area contributed by atoms with E-state index in [1.54, 1.807) is 27.7 Å². The lowest BCUT2D eigenvalue weighted by Crippen LogP contribution is -2.60. The standard InChI is InChI=1S/C9H15NO3S/c1-5-7(11)10-6(2)9(3,4)14(12,13)8(5)10/h5-6,8H,1-4H3. The van der Waals surface area contributed by atoms with Gasteiger partial charge >= 0.3 is 0 Å². The van der Waals surface area contributed by atoms with Crippen LogP contribution in [0.4, 0.5) is 0 Å². The van der Waals surface area contributed by atoms with E-state index in [0.717, 1.165) is 0 Å². The van der Waals surface area contributed by atoms with Gasteiger partial charge in [0.05, 0.1) is 10.7 Å². The first-order valence-electron chi connectivity index (χ1n) is 4.78. The third-order valence-electron chi connectivity index (χ3n) is 3.82. The van der Waals surface area contributed by atoms with E-state index in [9.17, 15) is 13.2 Å². The monoisotopic (exact) mass is 217 g/mol. The normalized spacial score (nSPS) is 43.3. The van der Waals surface area contributed by atoms with Crippen LogP contribution in [-0.4, -0.2) is 35.4 Å². The fourth-order valence-electron chi connectivity index (χ4n) is 2.35. The second-order valence-corrected chi connectivity index (χ2v) is 7.37. The number of fused-ring (bicyclic) bond motifs is 1. The molecular formula is C9H15NO3S. The molecule has 2 saturated heterocycles. The van der Waals surface area contributed by atoms with Crippen LogP contribution in [0.5, 0.6) is 0 Å². The van der Waals surface area contributed by atoms with Crippen LogP contribution in [0, 0.1) is 5.92 Å². The Morgan fingerprint density at radius 2 is 1.79 bits per heavy atom. The molecule has 2 fully saturated rings. The first-order valence-corrected chi connectivity index (χ1v) is 6.33. The maximum absolute atomic E-state index is 12.0. The van der Waals surface area contributed by atoms with E-state index in [2.05, 4.69) is 0 Å². The third kappa shape index (κ3) is 0.759. The van der Waals surface area contributed by atoms with Crippen LogP contribution in [0.3, 0.4) is 0 Å². The Balaban J connectivity index is 2.55. The summed E-state index contributed by atoms with van der Waals surface area (Å²) in [5.41, 5.74) is 0. The smallest absolute Gasteiger partial charge is 0.229 e. The average molecular weight is 217 g/mol. The summed E-state index contributed by atoms with van der Waals surface area (Å²) in [6.07, 6.45) is 0. The molecule has 4 nitrogen and oxygen atoms in total. The number of amides is 1. The van der Waals surface area contributed by atoms with Crippen molar-refractivity contribution in [1.82, 2.24) is 4.90 Å². The number of nitrogens with zero attached hydrogens (tertiary/aromatic N) is 1. The molecule has 0 radical (unpaired) electrons. The first kappa shape index (κ1) is 9.96. The van der Waals surface area contributed by atoms with Crippen LogP contribution in [0.15, 0.2) is 0 Å². The minimum absolute atomic E-state index is 0.0309. The predicted molar refractivity (Wildman–Crippen MR) is 52.3 cm³/mol. The summed E-state index contributed by atoms with van der Waals surface area (Å²) in [6, 6.07) is -0.207. The van der Waals surface area contributed by atoms with E-state index < -0.39 is 20.0 Å². The van der Waals surface area contributed by atoms with Crippen molar-refractivity contribution in [2.75, 3.05) is 0 Å². The summed E-state index contributed by atoms with van der Waals surface area (Å²) in [5, 5.41) is -0.569. The van der Waals surface area contributed by atoms with Crippen molar-refractivity contribution in [1.29, 1.82) is 0 Å². The Hall–Kier alpha value is -0.580. The number of sulfone groups is 1. The van der Waals surface area contributed by atoms with Gasteiger partial charge in [-0.3, -0.25) is 4.79 Å². The van der Waals surface area contributed by atoms with Crippen molar-refractivity contribution in [3.05, 3.63) is 0 Å². The van der Waals surface area contributed by atoms with Crippen molar-refractivity contribution in [3.63, 3.8) is 0 Å². The molecule has 0 aliphatic carbocycles. The summed E-state index contributed by atoms with van der Waals surface area (Å²) in [5.74, 6) is -0.388. The molecule has 2 rings (SSSR count). The molecule has 2 aliphatic rings.